The van der Waals surface area contributed by atoms with Crippen LogP contribution in [0, 0.1) is 5.92 Å². The van der Waals surface area contributed by atoms with Gasteiger partial charge in [-0.15, -0.1) is 11.3 Å². The van der Waals surface area contributed by atoms with Crippen molar-refractivity contribution in [2.24, 2.45) is 5.92 Å². The quantitative estimate of drug-likeness (QED) is 0.603. The summed E-state index contributed by atoms with van der Waals surface area (Å²) in [5.74, 6) is 2.30. The molecule has 1 atom stereocenters. The maximum Gasteiger partial charge on any atom is 0.225 e. The van der Waals surface area contributed by atoms with Crippen molar-refractivity contribution in [3.05, 3.63) is 40.0 Å². The fraction of sp³-hybridized carbons (Fsp3) is 0.368. The van der Waals surface area contributed by atoms with Crippen molar-refractivity contribution in [3.8, 4) is 5.75 Å². The normalized spacial score (nSPS) is 16.7. The highest BCUT2D eigenvalue weighted by molar-refractivity contribution is 7.19. The second kappa shape index (κ2) is 6.81. The summed E-state index contributed by atoms with van der Waals surface area (Å²) in [5, 5.41) is 4.82. The third-order valence-electron chi connectivity index (χ3n) is 4.57. The Bertz CT molecular complexity index is 924. The summed E-state index contributed by atoms with van der Waals surface area (Å²) in [7, 11) is 0. The number of nitrogens with zero attached hydrogens (tertiary/aromatic N) is 2. The predicted octanol–water partition coefficient (Wildman–Crippen LogP) is 5.61. The molecule has 3 aromatic rings. The number of halogens is 1. The minimum atomic E-state index is 0.274. The molecule has 1 aliphatic rings. The van der Waals surface area contributed by atoms with Gasteiger partial charge in [-0.3, -0.25) is 0 Å². The van der Waals surface area contributed by atoms with E-state index in [1.165, 1.54) is 16.9 Å². The van der Waals surface area contributed by atoms with Gasteiger partial charge in [-0.25, -0.2) is 4.98 Å². The number of rotatable bonds is 4. The third kappa shape index (κ3) is 3.18. The van der Waals surface area contributed by atoms with Crippen LogP contribution in [-0.2, 0) is 12.8 Å². The number of aryl methyl sites for hydroxylation is 1. The SMILES string of the molecule is CCOc1ccccc1Nc1nc(Cl)nc2sc3c(c12)CCC(C)C3. The highest BCUT2D eigenvalue weighted by atomic mass is 35.5. The molecule has 6 heteroatoms. The number of hydrogen-bond acceptors (Lipinski definition) is 5. The molecule has 0 fully saturated rings. The van der Waals surface area contributed by atoms with Gasteiger partial charge in [0.1, 0.15) is 16.4 Å². The summed E-state index contributed by atoms with van der Waals surface area (Å²) in [4.78, 5) is 11.4. The van der Waals surface area contributed by atoms with Crippen LogP contribution in [-0.4, -0.2) is 16.6 Å². The number of hydrogen-bond donors (Lipinski definition) is 1. The molecule has 2 aromatic heterocycles. The molecule has 1 aliphatic carbocycles. The maximum absolute atomic E-state index is 6.20. The summed E-state index contributed by atoms with van der Waals surface area (Å²) in [6.07, 6.45) is 3.39. The van der Waals surface area contributed by atoms with Crippen LogP contribution < -0.4 is 10.1 Å². The van der Waals surface area contributed by atoms with E-state index in [9.17, 15) is 0 Å². The second-order valence-corrected chi connectivity index (χ2v) is 7.85. The average Bonchev–Trinajstić information content (AvgIpc) is 2.93. The van der Waals surface area contributed by atoms with Gasteiger partial charge >= 0.3 is 0 Å². The van der Waals surface area contributed by atoms with Gasteiger partial charge in [-0.1, -0.05) is 19.1 Å². The molecule has 0 spiro atoms. The van der Waals surface area contributed by atoms with Crippen molar-refractivity contribution in [1.29, 1.82) is 0 Å². The molecule has 4 rings (SSSR count). The standard InChI is InChI=1S/C19H20ClN3OS/c1-3-24-14-7-5-4-6-13(14)21-17-16-12-9-8-11(2)10-15(12)25-18(16)23-19(20)22-17/h4-7,11H,3,8-10H2,1-2H3,(H,21,22,23). The molecule has 1 aromatic carbocycles. The Kier molecular flexibility index (Phi) is 4.52. The van der Waals surface area contributed by atoms with Gasteiger partial charge in [0.2, 0.25) is 5.28 Å². The molecule has 0 saturated heterocycles. The molecule has 130 valence electrons. The van der Waals surface area contributed by atoms with Crippen LogP contribution in [0.1, 0.15) is 30.7 Å². The van der Waals surface area contributed by atoms with E-state index in [1.807, 2.05) is 31.2 Å². The summed E-state index contributed by atoms with van der Waals surface area (Å²) in [6, 6.07) is 7.90. The van der Waals surface area contributed by atoms with E-state index < -0.39 is 0 Å². The first-order chi connectivity index (χ1) is 12.2. The number of nitrogens with one attached hydrogen (secondary N) is 1. The van der Waals surface area contributed by atoms with E-state index >= 15 is 0 Å². The fourth-order valence-corrected chi connectivity index (χ4v) is 4.99. The van der Waals surface area contributed by atoms with Crippen molar-refractivity contribution in [2.75, 3.05) is 11.9 Å². The minimum absolute atomic E-state index is 0.274. The van der Waals surface area contributed by atoms with Crippen LogP contribution in [0.3, 0.4) is 0 Å². The molecule has 0 aliphatic heterocycles. The largest absolute Gasteiger partial charge is 0.492 e. The zero-order valence-corrected chi connectivity index (χ0v) is 15.9. The van der Waals surface area contributed by atoms with Crippen molar-refractivity contribution < 1.29 is 4.74 Å². The molecule has 1 unspecified atom stereocenters. The molecule has 25 heavy (non-hydrogen) atoms. The summed E-state index contributed by atoms with van der Waals surface area (Å²) >= 11 is 7.95. The lowest BCUT2D eigenvalue weighted by Gasteiger charge is -2.18. The van der Waals surface area contributed by atoms with Gasteiger partial charge in [0, 0.05) is 4.88 Å². The average molecular weight is 374 g/mol. The first-order valence-corrected chi connectivity index (χ1v) is 9.81. The lowest BCUT2D eigenvalue weighted by atomic mass is 9.89. The number of para-hydroxylation sites is 2. The van der Waals surface area contributed by atoms with Crippen LogP contribution in [0.5, 0.6) is 5.75 Å². The highest BCUT2D eigenvalue weighted by Gasteiger charge is 2.24. The number of fused-ring (bicyclic) bond motifs is 3. The molecule has 4 nitrogen and oxygen atoms in total. The maximum atomic E-state index is 6.20. The Labute approximate surface area is 156 Å². The van der Waals surface area contributed by atoms with Crippen molar-refractivity contribution in [2.45, 2.75) is 33.1 Å². The van der Waals surface area contributed by atoms with E-state index in [2.05, 4.69) is 22.2 Å². The fourth-order valence-electron chi connectivity index (χ4n) is 3.39. The van der Waals surface area contributed by atoms with Crippen LogP contribution >= 0.6 is 22.9 Å². The van der Waals surface area contributed by atoms with Crippen molar-refractivity contribution in [3.63, 3.8) is 0 Å². The third-order valence-corrected chi connectivity index (χ3v) is 5.88. The number of aromatic nitrogens is 2. The van der Waals surface area contributed by atoms with Gasteiger partial charge in [0.05, 0.1) is 17.7 Å². The lowest BCUT2D eigenvalue weighted by molar-refractivity contribution is 0.342. The Morgan fingerprint density at radius 2 is 2.16 bits per heavy atom. The van der Waals surface area contributed by atoms with E-state index in [4.69, 9.17) is 16.3 Å². The molecule has 0 bridgehead atoms. The second-order valence-electron chi connectivity index (χ2n) is 6.43. The van der Waals surface area contributed by atoms with Crippen LogP contribution in [0.25, 0.3) is 10.2 Å². The topological polar surface area (TPSA) is 47.0 Å². The van der Waals surface area contributed by atoms with Gasteiger partial charge in [-0.05, 0) is 61.4 Å². The number of ether oxygens (including phenoxy) is 1. The minimum Gasteiger partial charge on any atom is -0.492 e. The van der Waals surface area contributed by atoms with Crippen molar-refractivity contribution >= 4 is 44.7 Å². The molecular weight excluding hydrogens is 354 g/mol. The first kappa shape index (κ1) is 16.6. The molecule has 1 N–H and O–H groups in total. The summed E-state index contributed by atoms with van der Waals surface area (Å²) in [6.45, 7) is 4.90. The number of benzene rings is 1. The van der Waals surface area contributed by atoms with Gasteiger partial charge in [0.25, 0.3) is 0 Å². The summed E-state index contributed by atoms with van der Waals surface area (Å²) in [5.41, 5.74) is 2.27. The van der Waals surface area contributed by atoms with Gasteiger partial charge in [-0.2, -0.15) is 4.98 Å². The molecule has 2 heterocycles. The van der Waals surface area contributed by atoms with Crippen LogP contribution in [0.15, 0.2) is 24.3 Å². The van der Waals surface area contributed by atoms with Gasteiger partial charge in [0.15, 0.2) is 0 Å². The highest BCUT2D eigenvalue weighted by Crippen LogP contribution is 2.41. The lowest BCUT2D eigenvalue weighted by Crippen LogP contribution is -2.09. The zero-order valence-electron chi connectivity index (χ0n) is 14.3. The Hall–Kier alpha value is -1.85. The van der Waals surface area contributed by atoms with E-state index in [-0.39, 0.29) is 5.28 Å². The predicted molar refractivity (Wildman–Crippen MR) is 105 cm³/mol. The Morgan fingerprint density at radius 1 is 1.32 bits per heavy atom. The van der Waals surface area contributed by atoms with E-state index in [1.54, 1.807) is 11.3 Å². The molecule has 0 amide bonds. The monoisotopic (exact) mass is 373 g/mol. The summed E-state index contributed by atoms with van der Waals surface area (Å²) < 4.78 is 5.72. The molecule has 0 radical (unpaired) electrons. The smallest absolute Gasteiger partial charge is 0.225 e. The Balaban J connectivity index is 1.82. The van der Waals surface area contributed by atoms with Gasteiger partial charge < -0.3 is 10.1 Å². The van der Waals surface area contributed by atoms with Crippen LogP contribution in [0.4, 0.5) is 11.5 Å². The van der Waals surface area contributed by atoms with E-state index in [0.29, 0.717) is 6.61 Å². The molecular formula is C19H20ClN3OS. The zero-order chi connectivity index (χ0) is 17.4. The van der Waals surface area contributed by atoms with Crippen molar-refractivity contribution in [1.82, 2.24) is 9.97 Å². The van der Waals surface area contributed by atoms with Crippen LogP contribution in [0.2, 0.25) is 5.28 Å². The first-order valence-electron chi connectivity index (χ1n) is 8.62. The number of thiophene rings is 1. The van der Waals surface area contributed by atoms with E-state index in [0.717, 1.165) is 46.2 Å². The molecule has 0 saturated carbocycles. The number of anilines is 2. The Morgan fingerprint density at radius 3 is 3.00 bits per heavy atom.